The molecule has 1 aromatic heterocycles. The number of ether oxygens (including phenoxy) is 2. The Balaban J connectivity index is 2.27. The second kappa shape index (κ2) is 7.64. The van der Waals surface area contributed by atoms with Gasteiger partial charge in [0.25, 0.3) is 0 Å². The van der Waals surface area contributed by atoms with Crippen molar-refractivity contribution in [1.82, 2.24) is 10.3 Å². The molecule has 0 radical (unpaired) electrons. The Morgan fingerprint density at radius 1 is 1.14 bits per heavy atom. The van der Waals surface area contributed by atoms with Gasteiger partial charge in [-0.3, -0.25) is 4.98 Å². The van der Waals surface area contributed by atoms with Crippen molar-refractivity contribution in [3.63, 3.8) is 0 Å². The van der Waals surface area contributed by atoms with Gasteiger partial charge in [-0.2, -0.15) is 0 Å². The molecule has 1 heterocycles. The summed E-state index contributed by atoms with van der Waals surface area (Å²) in [5.41, 5.74) is 2.20. The summed E-state index contributed by atoms with van der Waals surface area (Å²) in [7, 11) is 3.61. The number of aromatic nitrogens is 1. The number of benzene rings is 1. The van der Waals surface area contributed by atoms with Crippen LogP contribution in [-0.4, -0.2) is 25.7 Å². The van der Waals surface area contributed by atoms with Crippen LogP contribution in [0.2, 0.25) is 0 Å². The molecule has 0 saturated carbocycles. The maximum absolute atomic E-state index is 5.66. The van der Waals surface area contributed by atoms with E-state index in [4.69, 9.17) is 9.47 Å². The first-order chi connectivity index (χ1) is 10.3. The fourth-order valence-electron chi connectivity index (χ4n) is 2.24. The normalized spacial score (nSPS) is 12.0. The Hall–Kier alpha value is -2.07. The van der Waals surface area contributed by atoms with Gasteiger partial charge in [0, 0.05) is 6.20 Å². The third-order valence-corrected chi connectivity index (χ3v) is 3.26. The maximum Gasteiger partial charge on any atom is 0.137 e. The Bertz CT molecular complexity index is 572. The van der Waals surface area contributed by atoms with Gasteiger partial charge >= 0.3 is 0 Å². The highest BCUT2D eigenvalue weighted by Crippen LogP contribution is 2.26. The van der Waals surface area contributed by atoms with Crippen molar-refractivity contribution in [2.24, 2.45) is 0 Å². The van der Waals surface area contributed by atoms with E-state index in [0.29, 0.717) is 6.61 Å². The van der Waals surface area contributed by atoms with Gasteiger partial charge in [0.1, 0.15) is 11.5 Å². The first-order valence-electron chi connectivity index (χ1n) is 7.17. The number of rotatable bonds is 7. The zero-order chi connectivity index (χ0) is 15.1. The van der Waals surface area contributed by atoms with Crippen LogP contribution in [0.25, 0.3) is 0 Å². The lowest BCUT2D eigenvalue weighted by Gasteiger charge is -2.18. The molecule has 1 N–H and O–H groups in total. The number of methoxy groups -OCH3 is 1. The van der Waals surface area contributed by atoms with Crippen molar-refractivity contribution in [3.8, 4) is 11.5 Å². The molecule has 4 heteroatoms. The molecule has 112 valence electrons. The minimum absolute atomic E-state index is 0.0535. The zero-order valence-electron chi connectivity index (χ0n) is 12.8. The second-order valence-corrected chi connectivity index (χ2v) is 4.80. The van der Waals surface area contributed by atoms with Gasteiger partial charge in [0.15, 0.2) is 0 Å². The van der Waals surface area contributed by atoms with Crippen molar-refractivity contribution in [2.75, 3.05) is 20.8 Å². The molecule has 0 saturated heterocycles. The molecule has 1 unspecified atom stereocenters. The van der Waals surface area contributed by atoms with Crippen molar-refractivity contribution >= 4 is 0 Å². The molecular formula is C17H22N2O2. The number of hydrogen-bond acceptors (Lipinski definition) is 4. The molecule has 1 atom stereocenters. The summed E-state index contributed by atoms with van der Waals surface area (Å²) in [5.74, 6) is 1.65. The molecule has 2 rings (SSSR count). The first kappa shape index (κ1) is 15.3. The van der Waals surface area contributed by atoms with Crippen LogP contribution in [0.5, 0.6) is 11.5 Å². The average molecular weight is 286 g/mol. The smallest absolute Gasteiger partial charge is 0.137 e. The SMILES string of the molecule is CCCOc1cncc(C(NC)c2cccc(OC)c2)c1. The fourth-order valence-corrected chi connectivity index (χ4v) is 2.24. The van der Waals surface area contributed by atoms with E-state index < -0.39 is 0 Å². The molecule has 21 heavy (non-hydrogen) atoms. The number of nitrogens with one attached hydrogen (secondary N) is 1. The maximum atomic E-state index is 5.66. The van der Waals surface area contributed by atoms with E-state index in [9.17, 15) is 0 Å². The summed E-state index contributed by atoms with van der Waals surface area (Å²) >= 11 is 0. The van der Waals surface area contributed by atoms with E-state index >= 15 is 0 Å². The average Bonchev–Trinajstić information content (AvgIpc) is 2.54. The monoisotopic (exact) mass is 286 g/mol. The largest absolute Gasteiger partial charge is 0.497 e. The molecule has 0 aliphatic carbocycles. The van der Waals surface area contributed by atoms with Crippen LogP contribution < -0.4 is 14.8 Å². The Morgan fingerprint density at radius 3 is 2.67 bits per heavy atom. The van der Waals surface area contributed by atoms with Crippen LogP contribution in [0.4, 0.5) is 0 Å². The van der Waals surface area contributed by atoms with Crippen molar-refractivity contribution in [2.45, 2.75) is 19.4 Å². The number of nitrogens with zero attached hydrogens (tertiary/aromatic N) is 1. The quantitative estimate of drug-likeness (QED) is 0.849. The Labute approximate surface area is 126 Å². The molecule has 0 bridgehead atoms. The molecule has 0 amide bonds. The van der Waals surface area contributed by atoms with Gasteiger partial charge in [-0.25, -0.2) is 0 Å². The van der Waals surface area contributed by atoms with E-state index in [0.717, 1.165) is 29.0 Å². The Kier molecular flexibility index (Phi) is 5.58. The van der Waals surface area contributed by atoms with Crippen LogP contribution in [-0.2, 0) is 0 Å². The molecule has 2 aromatic rings. The van der Waals surface area contributed by atoms with Gasteiger partial charge in [-0.05, 0) is 42.8 Å². The van der Waals surface area contributed by atoms with Crippen LogP contribution in [0.3, 0.4) is 0 Å². The summed E-state index contributed by atoms with van der Waals surface area (Å²) < 4.78 is 11.0. The van der Waals surface area contributed by atoms with Crippen molar-refractivity contribution < 1.29 is 9.47 Å². The minimum Gasteiger partial charge on any atom is -0.497 e. The van der Waals surface area contributed by atoms with Crippen molar-refractivity contribution in [1.29, 1.82) is 0 Å². The van der Waals surface area contributed by atoms with Gasteiger partial charge in [-0.1, -0.05) is 19.1 Å². The first-order valence-corrected chi connectivity index (χ1v) is 7.17. The molecule has 1 aromatic carbocycles. The predicted molar refractivity (Wildman–Crippen MR) is 83.9 cm³/mol. The molecule has 4 nitrogen and oxygen atoms in total. The van der Waals surface area contributed by atoms with Gasteiger partial charge in [-0.15, -0.1) is 0 Å². The summed E-state index contributed by atoms with van der Waals surface area (Å²) in [6.45, 7) is 2.79. The topological polar surface area (TPSA) is 43.4 Å². The zero-order valence-corrected chi connectivity index (χ0v) is 12.8. The minimum atomic E-state index is 0.0535. The molecule has 0 aliphatic heterocycles. The van der Waals surface area contributed by atoms with E-state index in [-0.39, 0.29) is 6.04 Å². The van der Waals surface area contributed by atoms with Gasteiger partial charge in [0.05, 0.1) is 26.0 Å². The van der Waals surface area contributed by atoms with Crippen LogP contribution in [0.1, 0.15) is 30.5 Å². The molecule has 0 aliphatic rings. The number of pyridine rings is 1. The fraction of sp³-hybridized carbons (Fsp3) is 0.353. The highest BCUT2D eigenvalue weighted by molar-refractivity contribution is 5.37. The standard InChI is InChI=1S/C17H22N2O2/c1-4-8-21-16-10-14(11-19-12-16)17(18-2)13-6-5-7-15(9-13)20-3/h5-7,9-12,17-18H,4,8H2,1-3H3. The predicted octanol–water partition coefficient (Wildman–Crippen LogP) is 3.19. The lowest BCUT2D eigenvalue weighted by atomic mass is 10.00. The van der Waals surface area contributed by atoms with E-state index in [1.165, 1.54) is 0 Å². The highest BCUT2D eigenvalue weighted by Gasteiger charge is 2.14. The van der Waals surface area contributed by atoms with Gasteiger partial charge in [0.2, 0.25) is 0 Å². The van der Waals surface area contributed by atoms with Gasteiger partial charge < -0.3 is 14.8 Å². The lowest BCUT2D eigenvalue weighted by molar-refractivity contribution is 0.315. The van der Waals surface area contributed by atoms with E-state index in [1.807, 2.05) is 37.5 Å². The highest BCUT2D eigenvalue weighted by atomic mass is 16.5. The van der Waals surface area contributed by atoms with Crippen LogP contribution >= 0.6 is 0 Å². The third-order valence-electron chi connectivity index (χ3n) is 3.26. The summed E-state index contributed by atoms with van der Waals surface area (Å²) in [4.78, 5) is 4.28. The molecular weight excluding hydrogens is 264 g/mol. The molecule has 0 spiro atoms. The second-order valence-electron chi connectivity index (χ2n) is 4.80. The summed E-state index contributed by atoms with van der Waals surface area (Å²) in [6.07, 6.45) is 4.59. The van der Waals surface area contributed by atoms with Crippen molar-refractivity contribution in [3.05, 3.63) is 53.9 Å². The molecule has 0 fully saturated rings. The Morgan fingerprint density at radius 2 is 1.95 bits per heavy atom. The summed E-state index contributed by atoms with van der Waals surface area (Å²) in [6, 6.07) is 10.1. The van der Waals surface area contributed by atoms with E-state index in [1.54, 1.807) is 13.3 Å². The summed E-state index contributed by atoms with van der Waals surface area (Å²) in [5, 5.41) is 3.32. The van der Waals surface area contributed by atoms with Crippen LogP contribution in [0, 0.1) is 0 Å². The lowest BCUT2D eigenvalue weighted by Crippen LogP contribution is -2.18. The van der Waals surface area contributed by atoms with Crippen LogP contribution in [0.15, 0.2) is 42.7 Å². The van der Waals surface area contributed by atoms with E-state index in [2.05, 4.69) is 23.3 Å². The number of hydrogen-bond donors (Lipinski definition) is 1. The third kappa shape index (κ3) is 3.95.